The summed E-state index contributed by atoms with van der Waals surface area (Å²) in [6, 6.07) is 5.74. The maximum Gasteiger partial charge on any atom is 0.316 e. The van der Waals surface area contributed by atoms with Gasteiger partial charge in [0.25, 0.3) is 0 Å². The maximum absolute atomic E-state index is 12.0. The third-order valence-electron chi connectivity index (χ3n) is 3.46. The first kappa shape index (κ1) is 12.4. The molecule has 1 aromatic rings. The highest BCUT2D eigenvalue weighted by Gasteiger charge is 2.48. The number of ether oxygens (including phenoxy) is 2. The van der Waals surface area contributed by atoms with E-state index in [0.29, 0.717) is 0 Å². The number of methoxy groups -OCH3 is 2. The third kappa shape index (κ3) is 1.95. The van der Waals surface area contributed by atoms with E-state index in [2.05, 4.69) is 15.9 Å². The van der Waals surface area contributed by atoms with E-state index in [0.717, 1.165) is 35.0 Å². The number of hydrogen-bond donors (Lipinski definition) is 0. The number of halogens is 1. The van der Waals surface area contributed by atoms with Crippen LogP contribution in [0.25, 0.3) is 0 Å². The fraction of sp³-hybridized carbons (Fsp3) is 0.462. The van der Waals surface area contributed by atoms with Gasteiger partial charge in [0, 0.05) is 10.0 Å². The molecule has 1 aliphatic rings. The zero-order valence-electron chi connectivity index (χ0n) is 9.96. The Morgan fingerprint density at radius 2 is 2.06 bits per heavy atom. The number of rotatable bonds is 3. The van der Waals surface area contributed by atoms with Gasteiger partial charge in [-0.15, -0.1) is 0 Å². The number of carbonyl (C=O) groups excluding carboxylic acids is 1. The topological polar surface area (TPSA) is 35.5 Å². The monoisotopic (exact) mass is 298 g/mol. The lowest BCUT2D eigenvalue weighted by Gasteiger charge is -2.40. The molecular formula is C13H15BrO3. The maximum atomic E-state index is 12.0. The number of esters is 1. The van der Waals surface area contributed by atoms with Gasteiger partial charge in [0.15, 0.2) is 0 Å². The van der Waals surface area contributed by atoms with Crippen molar-refractivity contribution in [1.29, 1.82) is 0 Å². The Morgan fingerprint density at radius 3 is 2.53 bits per heavy atom. The summed E-state index contributed by atoms with van der Waals surface area (Å²) in [6.07, 6.45) is 2.70. The van der Waals surface area contributed by atoms with Gasteiger partial charge < -0.3 is 9.47 Å². The van der Waals surface area contributed by atoms with Crippen molar-refractivity contribution >= 4 is 21.9 Å². The quantitative estimate of drug-likeness (QED) is 0.805. The highest BCUT2D eigenvalue weighted by Crippen LogP contribution is 2.48. The van der Waals surface area contributed by atoms with Crippen molar-refractivity contribution in [2.75, 3.05) is 14.2 Å². The summed E-state index contributed by atoms with van der Waals surface area (Å²) in [5.74, 6) is 0.582. The van der Waals surface area contributed by atoms with E-state index in [1.165, 1.54) is 7.11 Å². The number of hydrogen-bond acceptors (Lipinski definition) is 3. The zero-order chi connectivity index (χ0) is 12.5. The molecule has 1 aromatic carbocycles. The van der Waals surface area contributed by atoms with Crippen LogP contribution in [-0.4, -0.2) is 20.2 Å². The van der Waals surface area contributed by atoms with Crippen molar-refractivity contribution in [2.45, 2.75) is 24.7 Å². The first-order valence-corrected chi connectivity index (χ1v) is 6.36. The van der Waals surface area contributed by atoms with Crippen molar-refractivity contribution < 1.29 is 14.3 Å². The van der Waals surface area contributed by atoms with Gasteiger partial charge in [-0.2, -0.15) is 0 Å². The van der Waals surface area contributed by atoms with E-state index in [-0.39, 0.29) is 5.97 Å². The average Bonchev–Trinajstić information content (AvgIpc) is 2.27. The molecular weight excluding hydrogens is 284 g/mol. The van der Waals surface area contributed by atoms with Gasteiger partial charge in [-0.1, -0.05) is 22.4 Å². The molecule has 0 bridgehead atoms. The van der Waals surface area contributed by atoms with Crippen LogP contribution in [0.4, 0.5) is 0 Å². The predicted octanol–water partition coefficient (Wildman–Crippen LogP) is 3.05. The molecule has 0 unspecified atom stereocenters. The average molecular weight is 299 g/mol. The van der Waals surface area contributed by atoms with Crippen molar-refractivity contribution in [3.63, 3.8) is 0 Å². The Morgan fingerprint density at radius 1 is 1.35 bits per heavy atom. The second-order valence-corrected chi connectivity index (χ2v) is 5.19. The summed E-state index contributed by atoms with van der Waals surface area (Å²) < 4.78 is 11.2. The van der Waals surface area contributed by atoms with Crippen LogP contribution < -0.4 is 4.74 Å². The molecule has 0 saturated heterocycles. The summed E-state index contributed by atoms with van der Waals surface area (Å²) in [5.41, 5.74) is 0.414. The summed E-state index contributed by atoms with van der Waals surface area (Å²) in [5, 5.41) is 0. The van der Waals surface area contributed by atoms with Crippen LogP contribution in [0.2, 0.25) is 0 Å². The molecule has 1 aliphatic carbocycles. The highest BCUT2D eigenvalue weighted by atomic mass is 79.9. The van der Waals surface area contributed by atoms with Gasteiger partial charge in [-0.05, 0) is 31.0 Å². The van der Waals surface area contributed by atoms with E-state index in [9.17, 15) is 4.79 Å². The lowest BCUT2D eigenvalue weighted by atomic mass is 9.64. The molecule has 0 N–H and O–H groups in total. The Hall–Kier alpha value is -1.03. The molecule has 0 aliphatic heterocycles. The zero-order valence-corrected chi connectivity index (χ0v) is 11.5. The molecule has 1 fully saturated rings. The van der Waals surface area contributed by atoms with E-state index in [4.69, 9.17) is 9.47 Å². The molecule has 0 amide bonds. The van der Waals surface area contributed by atoms with E-state index in [1.54, 1.807) is 7.11 Å². The summed E-state index contributed by atoms with van der Waals surface area (Å²) in [4.78, 5) is 12.0. The van der Waals surface area contributed by atoms with E-state index in [1.807, 2.05) is 18.2 Å². The fourth-order valence-electron chi connectivity index (χ4n) is 2.36. The van der Waals surface area contributed by atoms with Crippen LogP contribution in [0.5, 0.6) is 5.75 Å². The van der Waals surface area contributed by atoms with Crippen LogP contribution in [0, 0.1) is 0 Å². The molecule has 4 heteroatoms. The molecule has 3 nitrogen and oxygen atoms in total. The lowest BCUT2D eigenvalue weighted by molar-refractivity contribution is -0.151. The van der Waals surface area contributed by atoms with Crippen molar-refractivity contribution in [1.82, 2.24) is 0 Å². The molecule has 1 saturated carbocycles. The highest BCUT2D eigenvalue weighted by molar-refractivity contribution is 9.10. The SMILES string of the molecule is COC(=O)C1(c2cc(Br)ccc2OC)CCC1. The first-order chi connectivity index (χ1) is 8.14. The van der Waals surface area contributed by atoms with Crippen LogP contribution in [0.1, 0.15) is 24.8 Å². The van der Waals surface area contributed by atoms with E-state index >= 15 is 0 Å². The minimum Gasteiger partial charge on any atom is -0.496 e. The molecule has 2 rings (SSSR count). The normalized spacial score (nSPS) is 17.1. The molecule has 0 spiro atoms. The molecule has 17 heavy (non-hydrogen) atoms. The smallest absolute Gasteiger partial charge is 0.316 e. The second kappa shape index (κ2) is 4.69. The van der Waals surface area contributed by atoms with Gasteiger partial charge in [-0.25, -0.2) is 0 Å². The Kier molecular flexibility index (Phi) is 3.43. The van der Waals surface area contributed by atoms with Crippen LogP contribution >= 0.6 is 15.9 Å². The van der Waals surface area contributed by atoms with Crippen molar-refractivity contribution in [2.24, 2.45) is 0 Å². The van der Waals surface area contributed by atoms with Gasteiger partial charge >= 0.3 is 5.97 Å². The van der Waals surface area contributed by atoms with Gasteiger partial charge in [0.1, 0.15) is 5.75 Å². The summed E-state index contributed by atoms with van der Waals surface area (Å²) in [7, 11) is 3.06. The van der Waals surface area contributed by atoms with Gasteiger partial charge in [0.05, 0.1) is 19.6 Å². The standard InChI is InChI=1S/C13H15BrO3/c1-16-11-5-4-9(14)8-10(11)13(6-3-7-13)12(15)17-2/h4-5,8H,3,6-7H2,1-2H3. The molecule has 0 aromatic heterocycles. The van der Waals surface area contributed by atoms with Crippen LogP contribution in [-0.2, 0) is 14.9 Å². The fourth-order valence-corrected chi connectivity index (χ4v) is 2.72. The van der Waals surface area contributed by atoms with E-state index < -0.39 is 5.41 Å². The second-order valence-electron chi connectivity index (χ2n) is 4.27. The first-order valence-electron chi connectivity index (χ1n) is 5.56. The lowest BCUT2D eigenvalue weighted by Crippen LogP contribution is -2.43. The Bertz CT molecular complexity index is 438. The molecule has 0 heterocycles. The van der Waals surface area contributed by atoms with Crippen LogP contribution in [0.15, 0.2) is 22.7 Å². The summed E-state index contributed by atoms with van der Waals surface area (Å²) in [6.45, 7) is 0. The third-order valence-corrected chi connectivity index (χ3v) is 3.95. The predicted molar refractivity (Wildman–Crippen MR) is 68.2 cm³/mol. The largest absolute Gasteiger partial charge is 0.496 e. The summed E-state index contributed by atoms with van der Waals surface area (Å²) >= 11 is 3.43. The molecule has 0 atom stereocenters. The minimum absolute atomic E-state index is 0.167. The van der Waals surface area contributed by atoms with Crippen LogP contribution in [0.3, 0.4) is 0 Å². The Labute approximate surface area is 109 Å². The molecule has 0 radical (unpaired) electrons. The number of benzene rings is 1. The van der Waals surface area contributed by atoms with Crippen molar-refractivity contribution in [3.8, 4) is 5.75 Å². The molecule has 92 valence electrons. The Balaban J connectivity index is 2.50. The number of carbonyl (C=O) groups is 1. The van der Waals surface area contributed by atoms with Gasteiger partial charge in [0.2, 0.25) is 0 Å². The van der Waals surface area contributed by atoms with Crippen molar-refractivity contribution in [3.05, 3.63) is 28.2 Å². The minimum atomic E-state index is -0.510. The van der Waals surface area contributed by atoms with Gasteiger partial charge in [-0.3, -0.25) is 4.79 Å².